The molecule has 0 atom stereocenters. The van der Waals surface area contributed by atoms with Crippen molar-refractivity contribution < 1.29 is 10.2 Å². The monoisotopic (exact) mass is 622 g/mol. The lowest BCUT2D eigenvalue weighted by Gasteiger charge is -2.16. The number of fused-ring (bicyclic) bond motifs is 2. The fraction of sp³-hybridized carbons (Fsp3) is 0.0476. The molecule has 6 heteroatoms. The smallest absolute Gasteiger partial charge is 0.134 e. The number of aromatic nitrogens is 4. The third kappa shape index (κ3) is 5.10. The quantitative estimate of drug-likeness (QED) is 0.198. The van der Waals surface area contributed by atoms with Crippen molar-refractivity contribution >= 4 is 21.5 Å². The molecule has 0 saturated heterocycles. The van der Waals surface area contributed by atoms with Crippen LogP contribution in [0.15, 0.2) is 134 Å². The fourth-order valence-electron chi connectivity index (χ4n) is 6.42. The minimum Gasteiger partial charge on any atom is -0.507 e. The molecule has 0 aliphatic carbocycles. The molecule has 4 aromatic heterocycles. The summed E-state index contributed by atoms with van der Waals surface area (Å²) in [6.45, 7) is 4.01. The number of aryl methyl sites for hydroxylation is 2. The van der Waals surface area contributed by atoms with Gasteiger partial charge in [0.2, 0.25) is 0 Å². The van der Waals surface area contributed by atoms with Crippen LogP contribution in [0.25, 0.3) is 78.0 Å². The van der Waals surface area contributed by atoms with Crippen LogP contribution in [0.3, 0.4) is 0 Å². The number of benzene rings is 4. The maximum absolute atomic E-state index is 11.7. The van der Waals surface area contributed by atoms with Gasteiger partial charge in [-0.15, -0.1) is 0 Å². The van der Waals surface area contributed by atoms with Gasteiger partial charge >= 0.3 is 0 Å². The van der Waals surface area contributed by atoms with Crippen molar-refractivity contribution in [2.75, 3.05) is 0 Å². The van der Waals surface area contributed by atoms with Crippen LogP contribution in [-0.2, 0) is 0 Å². The molecular weight excluding hydrogens is 592 g/mol. The third-order valence-electron chi connectivity index (χ3n) is 8.64. The Morgan fingerprint density at radius 1 is 0.417 bits per heavy atom. The highest BCUT2D eigenvalue weighted by Gasteiger charge is 2.21. The van der Waals surface area contributed by atoms with E-state index in [9.17, 15) is 10.2 Å². The Bertz CT molecular complexity index is 2320. The van der Waals surface area contributed by atoms with Gasteiger partial charge in [-0.05, 0) is 96.4 Å². The first-order valence-electron chi connectivity index (χ1n) is 15.8. The summed E-state index contributed by atoms with van der Waals surface area (Å²) in [7, 11) is 0. The van der Waals surface area contributed by atoms with Gasteiger partial charge in [0.25, 0.3) is 0 Å². The molecule has 230 valence electrons. The van der Waals surface area contributed by atoms with E-state index in [0.717, 1.165) is 32.7 Å². The number of hydrogen-bond donors (Lipinski definition) is 2. The lowest BCUT2D eigenvalue weighted by molar-refractivity contribution is 0.478. The van der Waals surface area contributed by atoms with Crippen molar-refractivity contribution in [2.24, 2.45) is 0 Å². The summed E-state index contributed by atoms with van der Waals surface area (Å²) in [6.07, 6.45) is 3.44. The summed E-state index contributed by atoms with van der Waals surface area (Å²) in [5.74, 6) is 0.237. The van der Waals surface area contributed by atoms with E-state index in [1.165, 1.54) is 0 Å². The summed E-state index contributed by atoms with van der Waals surface area (Å²) in [5, 5.41) is 27.2. The normalized spacial score (nSPS) is 11.3. The minimum atomic E-state index is 0.119. The Hall–Kier alpha value is -6.40. The molecule has 0 bridgehead atoms. The van der Waals surface area contributed by atoms with Crippen LogP contribution in [0.5, 0.6) is 11.5 Å². The van der Waals surface area contributed by atoms with Gasteiger partial charge in [-0.3, -0.25) is 9.97 Å². The van der Waals surface area contributed by atoms with Crippen LogP contribution >= 0.6 is 0 Å². The van der Waals surface area contributed by atoms with Gasteiger partial charge in [0.05, 0.1) is 34.2 Å². The highest BCUT2D eigenvalue weighted by atomic mass is 16.3. The molecule has 0 radical (unpaired) electrons. The highest BCUT2D eigenvalue weighted by Crippen LogP contribution is 2.43. The molecule has 0 saturated carbocycles. The van der Waals surface area contributed by atoms with E-state index in [2.05, 4.69) is 9.97 Å². The van der Waals surface area contributed by atoms with E-state index in [1.807, 2.05) is 135 Å². The Morgan fingerprint density at radius 2 is 0.812 bits per heavy atom. The number of phenolic OH excluding ortho intramolecular Hbond substituents is 2. The molecule has 0 unspecified atom stereocenters. The van der Waals surface area contributed by atoms with Crippen LogP contribution < -0.4 is 0 Å². The lowest BCUT2D eigenvalue weighted by Crippen LogP contribution is -1.97. The van der Waals surface area contributed by atoms with Crippen molar-refractivity contribution in [1.29, 1.82) is 0 Å². The molecule has 0 amide bonds. The molecule has 8 aromatic rings. The fourth-order valence-corrected chi connectivity index (χ4v) is 6.42. The second kappa shape index (κ2) is 11.8. The maximum atomic E-state index is 11.7. The zero-order chi connectivity index (χ0) is 32.8. The van der Waals surface area contributed by atoms with Crippen molar-refractivity contribution in [3.8, 4) is 67.9 Å². The van der Waals surface area contributed by atoms with Crippen LogP contribution in [0, 0.1) is 13.8 Å². The van der Waals surface area contributed by atoms with Crippen LogP contribution in [0.4, 0.5) is 0 Å². The molecule has 4 aromatic carbocycles. The number of aromatic hydroxyl groups is 2. The number of rotatable bonds is 5. The molecule has 0 fully saturated rings. The summed E-state index contributed by atoms with van der Waals surface area (Å²) >= 11 is 0. The Balaban J connectivity index is 1.37. The second-order valence-electron chi connectivity index (χ2n) is 12.0. The number of nitrogens with zero attached hydrogens (tertiary/aromatic N) is 4. The molecular formula is C42H30N4O2. The molecule has 4 heterocycles. The zero-order valence-corrected chi connectivity index (χ0v) is 26.4. The zero-order valence-electron chi connectivity index (χ0n) is 26.4. The van der Waals surface area contributed by atoms with E-state index in [0.29, 0.717) is 56.4 Å². The molecule has 8 rings (SSSR count). The Morgan fingerprint density at radius 3 is 1.23 bits per heavy atom. The van der Waals surface area contributed by atoms with Gasteiger partial charge in [-0.2, -0.15) is 0 Å². The Labute approximate surface area is 277 Å². The summed E-state index contributed by atoms with van der Waals surface area (Å²) in [5.41, 5.74) is 8.43. The van der Waals surface area contributed by atoms with Crippen LogP contribution in [-0.4, -0.2) is 30.1 Å². The van der Waals surface area contributed by atoms with E-state index in [-0.39, 0.29) is 11.5 Å². The van der Waals surface area contributed by atoms with Gasteiger partial charge < -0.3 is 10.2 Å². The summed E-state index contributed by atoms with van der Waals surface area (Å²) in [6, 6.07) is 39.3. The van der Waals surface area contributed by atoms with Crippen molar-refractivity contribution in [3.63, 3.8) is 0 Å². The van der Waals surface area contributed by atoms with E-state index in [4.69, 9.17) is 9.97 Å². The van der Waals surface area contributed by atoms with E-state index < -0.39 is 0 Å². The minimum absolute atomic E-state index is 0.119. The SMILES string of the molecule is Cc1cc(-c2ccccn2)c(O)c(-c2nc(-c3cc4ccccc4c(-c4cc(C)cc(-c5ccccn5)c4O)n3)cc3ccccc23)c1. The first-order chi connectivity index (χ1) is 23.4. The standard InChI is InChI=1S/C42H30N4O2/c1-25-19-31(35-15-7-9-17-43-35)41(47)33(21-25)39-29-13-5-3-11-27(29)23-37(45-39)38-24-28-12-4-6-14-30(28)40(46-38)34-22-26(2)20-32(42(34)48)36-16-8-10-18-44-36/h3-24,47-48H,1-2H3. The van der Waals surface area contributed by atoms with Gasteiger partial charge in [-0.1, -0.05) is 60.7 Å². The number of pyridine rings is 4. The summed E-state index contributed by atoms with van der Waals surface area (Å²) < 4.78 is 0. The van der Waals surface area contributed by atoms with Crippen molar-refractivity contribution in [3.05, 3.63) is 145 Å². The van der Waals surface area contributed by atoms with Crippen LogP contribution in [0.1, 0.15) is 11.1 Å². The molecule has 0 aliphatic rings. The topological polar surface area (TPSA) is 92.0 Å². The van der Waals surface area contributed by atoms with E-state index in [1.54, 1.807) is 12.4 Å². The first-order valence-corrected chi connectivity index (χ1v) is 15.8. The third-order valence-corrected chi connectivity index (χ3v) is 8.64. The first kappa shape index (κ1) is 29.0. The average Bonchev–Trinajstić information content (AvgIpc) is 3.13. The second-order valence-corrected chi connectivity index (χ2v) is 12.0. The largest absolute Gasteiger partial charge is 0.507 e. The van der Waals surface area contributed by atoms with Crippen molar-refractivity contribution in [1.82, 2.24) is 19.9 Å². The van der Waals surface area contributed by atoms with Gasteiger partial charge in [0, 0.05) is 45.4 Å². The highest BCUT2D eigenvalue weighted by molar-refractivity contribution is 6.02. The van der Waals surface area contributed by atoms with E-state index >= 15 is 0 Å². The van der Waals surface area contributed by atoms with Gasteiger partial charge in [0.1, 0.15) is 11.5 Å². The number of hydrogen-bond acceptors (Lipinski definition) is 6. The predicted molar refractivity (Wildman–Crippen MR) is 193 cm³/mol. The summed E-state index contributed by atoms with van der Waals surface area (Å²) in [4.78, 5) is 19.4. The Kier molecular flexibility index (Phi) is 7.11. The molecule has 2 N–H and O–H groups in total. The lowest BCUT2D eigenvalue weighted by atomic mass is 9.95. The molecule has 0 aliphatic heterocycles. The predicted octanol–water partition coefficient (Wildman–Crippen LogP) is 9.94. The van der Waals surface area contributed by atoms with Crippen LogP contribution in [0.2, 0.25) is 0 Å². The van der Waals surface area contributed by atoms with Crippen molar-refractivity contribution in [2.45, 2.75) is 13.8 Å². The maximum Gasteiger partial charge on any atom is 0.134 e. The molecule has 0 spiro atoms. The van der Waals surface area contributed by atoms with Gasteiger partial charge in [-0.25, -0.2) is 9.97 Å². The number of phenols is 2. The average molecular weight is 623 g/mol. The van der Waals surface area contributed by atoms with Gasteiger partial charge in [0.15, 0.2) is 0 Å². The molecule has 48 heavy (non-hydrogen) atoms. The molecule has 6 nitrogen and oxygen atoms in total.